The highest BCUT2D eigenvalue weighted by atomic mass is 16.3. The van der Waals surface area contributed by atoms with Crippen molar-refractivity contribution < 1.29 is 8.83 Å². The summed E-state index contributed by atoms with van der Waals surface area (Å²) in [5.41, 5.74) is 14.1. The van der Waals surface area contributed by atoms with Crippen molar-refractivity contribution in [2.75, 3.05) is 9.80 Å². The molecule has 2 aromatic heterocycles. The van der Waals surface area contributed by atoms with Gasteiger partial charge in [-0.1, -0.05) is 182 Å². The molecular formula is C66H42N2O2. The zero-order valence-electron chi connectivity index (χ0n) is 38.0. The summed E-state index contributed by atoms with van der Waals surface area (Å²) in [5.74, 6) is 0. The first kappa shape index (κ1) is 39.8. The zero-order valence-corrected chi connectivity index (χ0v) is 38.0. The normalized spacial score (nSPS) is 11.7. The molecule has 4 nitrogen and oxygen atoms in total. The Morgan fingerprint density at radius 1 is 0.257 bits per heavy atom. The Hall–Kier alpha value is -9.38. The molecule has 14 aromatic rings. The Kier molecular flexibility index (Phi) is 9.17. The topological polar surface area (TPSA) is 32.8 Å². The number of hydrogen-bond donors (Lipinski definition) is 0. The summed E-state index contributed by atoms with van der Waals surface area (Å²) in [6.07, 6.45) is 0. The molecule has 0 radical (unpaired) electrons. The Morgan fingerprint density at radius 3 is 1.01 bits per heavy atom. The zero-order chi connectivity index (χ0) is 46.1. The maximum absolute atomic E-state index is 6.88. The maximum Gasteiger partial charge on any atom is 0.145 e. The second-order valence-electron chi connectivity index (χ2n) is 17.9. The summed E-state index contributed by atoms with van der Waals surface area (Å²) in [5, 5.41) is 11.2. The SMILES string of the molecule is c1ccc(-c2ccc(N(c3ccccc3)c3cc4cc(N(c5ccccc5)c5ccc(-c6ccccc6)c6oc7ccccc7c56)c5ccccc5c4c4ccccc34)c3c2oc2ccccc23)cc1. The number of hydrogen-bond acceptors (Lipinski definition) is 4. The molecule has 0 aliphatic heterocycles. The van der Waals surface area contributed by atoms with E-state index < -0.39 is 0 Å². The first-order chi connectivity index (χ1) is 34.8. The van der Waals surface area contributed by atoms with Crippen LogP contribution in [-0.2, 0) is 0 Å². The van der Waals surface area contributed by atoms with Crippen molar-refractivity contribution in [3.63, 3.8) is 0 Å². The minimum Gasteiger partial charge on any atom is -0.455 e. The highest BCUT2D eigenvalue weighted by Gasteiger charge is 2.27. The van der Waals surface area contributed by atoms with Gasteiger partial charge < -0.3 is 18.6 Å². The molecule has 0 spiro atoms. The highest BCUT2D eigenvalue weighted by Crippen LogP contribution is 2.52. The van der Waals surface area contributed by atoms with Gasteiger partial charge in [0.1, 0.15) is 22.3 Å². The Labute approximate surface area is 404 Å². The second-order valence-corrected chi connectivity index (χ2v) is 17.9. The molecule has 0 saturated heterocycles. The van der Waals surface area contributed by atoms with E-state index in [1.165, 1.54) is 16.2 Å². The van der Waals surface area contributed by atoms with Gasteiger partial charge in [0, 0.05) is 44.0 Å². The Balaban J connectivity index is 1.08. The van der Waals surface area contributed by atoms with Crippen molar-refractivity contribution >= 4 is 110 Å². The fourth-order valence-corrected chi connectivity index (χ4v) is 11.0. The van der Waals surface area contributed by atoms with E-state index in [-0.39, 0.29) is 0 Å². The monoisotopic (exact) mass is 894 g/mol. The van der Waals surface area contributed by atoms with Crippen molar-refractivity contribution in [2.45, 2.75) is 0 Å². The first-order valence-electron chi connectivity index (χ1n) is 23.8. The maximum atomic E-state index is 6.88. The van der Waals surface area contributed by atoms with Crippen LogP contribution in [0.25, 0.3) is 98.4 Å². The van der Waals surface area contributed by atoms with Crippen LogP contribution in [0.3, 0.4) is 0 Å². The van der Waals surface area contributed by atoms with Crippen LogP contribution in [0.5, 0.6) is 0 Å². The average Bonchev–Trinajstić information content (AvgIpc) is 4.02. The molecule has 0 bridgehead atoms. The van der Waals surface area contributed by atoms with Gasteiger partial charge in [0.15, 0.2) is 0 Å². The van der Waals surface area contributed by atoms with Gasteiger partial charge in [-0.3, -0.25) is 0 Å². The lowest BCUT2D eigenvalue weighted by Crippen LogP contribution is -2.12. The minimum atomic E-state index is 0.854. The molecule has 328 valence electrons. The van der Waals surface area contributed by atoms with Crippen molar-refractivity contribution in [1.29, 1.82) is 0 Å². The number of furan rings is 2. The summed E-state index contributed by atoms with van der Waals surface area (Å²) >= 11 is 0. The molecule has 0 unspecified atom stereocenters. The van der Waals surface area contributed by atoms with Gasteiger partial charge in [-0.05, 0) is 105 Å². The van der Waals surface area contributed by atoms with Crippen molar-refractivity contribution in [2.24, 2.45) is 0 Å². The lowest BCUT2D eigenvalue weighted by Gasteiger charge is -2.30. The standard InChI is InChI=1S/C66H42N2O2/c1-5-21-43(22-6-1)48-37-39-56(63-54-33-17-19-35-60(54)69-65(48)63)67(46-25-9-3-10-26-46)58-41-45-42-59(51-30-14-16-32-53(51)62(45)52-31-15-13-29-50(52)58)68(47-27-11-4-12-28-47)57-40-38-49(44-23-7-2-8-24-44)66-64(57)55-34-18-20-36-61(55)70-66/h1-42H. The van der Waals surface area contributed by atoms with E-state index in [1.807, 2.05) is 0 Å². The molecular weight excluding hydrogens is 853 g/mol. The summed E-state index contributed by atoms with van der Waals surface area (Å²) in [4.78, 5) is 4.88. The Morgan fingerprint density at radius 2 is 0.600 bits per heavy atom. The summed E-state index contributed by atoms with van der Waals surface area (Å²) < 4.78 is 13.8. The van der Waals surface area contributed by atoms with E-state index in [0.29, 0.717) is 0 Å². The lowest BCUT2D eigenvalue weighted by atomic mass is 9.92. The molecule has 70 heavy (non-hydrogen) atoms. The fraction of sp³-hybridized carbons (Fsp3) is 0. The highest BCUT2D eigenvalue weighted by molar-refractivity contribution is 6.28. The largest absolute Gasteiger partial charge is 0.455 e. The molecule has 0 atom stereocenters. The molecule has 0 aliphatic rings. The van der Waals surface area contributed by atoms with E-state index in [1.54, 1.807) is 0 Å². The van der Waals surface area contributed by atoms with Crippen LogP contribution in [0, 0.1) is 0 Å². The van der Waals surface area contributed by atoms with E-state index in [2.05, 4.69) is 265 Å². The molecule has 0 N–H and O–H groups in total. The van der Waals surface area contributed by atoms with Gasteiger partial charge in [-0.2, -0.15) is 0 Å². The van der Waals surface area contributed by atoms with Gasteiger partial charge in [0.05, 0.1) is 33.5 Å². The summed E-state index contributed by atoms with van der Waals surface area (Å²) in [6, 6.07) is 91.1. The van der Waals surface area contributed by atoms with Crippen LogP contribution < -0.4 is 9.80 Å². The molecule has 14 rings (SSSR count). The van der Waals surface area contributed by atoms with Crippen molar-refractivity contribution in [1.82, 2.24) is 0 Å². The summed E-state index contributed by atoms with van der Waals surface area (Å²) in [7, 11) is 0. The number of fused-ring (bicyclic) bond motifs is 11. The molecule has 0 saturated carbocycles. The van der Waals surface area contributed by atoms with E-state index in [4.69, 9.17) is 8.83 Å². The first-order valence-corrected chi connectivity index (χ1v) is 23.8. The van der Waals surface area contributed by atoms with Crippen molar-refractivity contribution in [3.8, 4) is 22.3 Å². The third-order valence-corrected chi connectivity index (χ3v) is 14.0. The average molecular weight is 895 g/mol. The van der Waals surface area contributed by atoms with Gasteiger partial charge in [-0.25, -0.2) is 0 Å². The molecule has 2 heterocycles. The van der Waals surface area contributed by atoms with Crippen LogP contribution in [-0.4, -0.2) is 0 Å². The Bertz CT molecular complexity index is 4020. The third kappa shape index (κ3) is 6.24. The number of nitrogens with zero attached hydrogens (tertiary/aromatic N) is 2. The van der Waals surface area contributed by atoms with E-state index in [0.717, 1.165) is 116 Å². The van der Waals surface area contributed by atoms with Crippen LogP contribution in [0.2, 0.25) is 0 Å². The second kappa shape index (κ2) is 16.2. The fourth-order valence-electron chi connectivity index (χ4n) is 11.0. The third-order valence-electron chi connectivity index (χ3n) is 14.0. The van der Waals surface area contributed by atoms with E-state index >= 15 is 0 Å². The molecule has 0 aliphatic carbocycles. The quantitative estimate of drug-likeness (QED) is 0.142. The number of benzene rings is 12. The minimum absolute atomic E-state index is 0.854. The van der Waals surface area contributed by atoms with Crippen LogP contribution in [0.4, 0.5) is 34.1 Å². The molecule has 12 aromatic carbocycles. The van der Waals surface area contributed by atoms with Gasteiger partial charge in [-0.15, -0.1) is 0 Å². The van der Waals surface area contributed by atoms with E-state index in [9.17, 15) is 0 Å². The lowest BCUT2D eigenvalue weighted by molar-refractivity contribution is 0.669. The van der Waals surface area contributed by atoms with Gasteiger partial charge in [0.25, 0.3) is 0 Å². The van der Waals surface area contributed by atoms with Crippen molar-refractivity contribution in [3.05, 3.63) is 255 Å². The predicted octanol–water partition coefficient (Wildman–Crippen LogP) is 19.2. The van der Waals surface area contributed by atoms with Crippen LogP contribution in [0.15, 0.2) is 264 Å². The molecule has 0 fully saturated rings. The molecule has 4 heteroatoms. The predicted molar refractivity (Wildman–Crippen MR) is 294 cm³/mol. The van der Waals surface area contributed by atoms with Crippen LogP contribution >= 0.6 is 0 Å². The molecule has 0 amide bonds. The number of rotatable bonds is 8. The number of para-hydroxylation sites is 4. The number of anilines is 6. The summed E-state index contributed by atoms with van der Waals surface area (Å²) in [6.45, 7) is 0. The van der Waals surface area contributed by atoms with Crippen LogP contribution in [0.1, 0.15) is 0 Å². The van der Waals surface area contributed by atoms with Gasteiger partial charge in [0.2, 0.25) is 0 Å². The van der Waals surface area contributed by atoms with Gasteiger partial charge >= 0.3 is 0 Å². The smallest absolute Gasteiger partial charge is 0.145 e.